The van der Waals surface area contributed by atoms with Crippen molar-refractivity contribution in [2.24, 2.45) is 0 Å². The Morgan fingerprint density at radius 1 is 1.24 bits per heavy atom. The van der Waals surface area contributed by atoms with Gasteiger partial charge in [-0.3, -0.25) is 0 Å². The Hall–Kier alpha value is -1.66. The van der Waals surface area contributed by atoms with Gasteiger partial charge >= 0.3 is 0 Å². The SMILES string of the molecule is COc1cccc(-c2nnc(CCNC3CC3)s2)c1OC. The second kappa shape index (κ2) is 6.41. The Morgan fingerprint density at radius 2 is 2.10 bits per heavy atom. The van der Waals surface area contributed by atoms with Crippen LogP contribution in [0.3, 0.4) is 0 Å². The molecule has 1 fully saturated rings. The maximum absolute atomic E-state index is 5.45. The van der Waals surface area contributed by atoms with Gasteiger partial charge in [-0.2, -0.15) is 0 Å². The molecule has 0 aliphatic heterocycles. The third-order valence-electron chi connectivity index (χ3n) is 3.45. The highest BCUT2D eigenvalue weighted by Gasteiger charge is 2.20. The Bertz CT molecular complexity index is 611. The van der Waals surface area contributed by atoms with Gasteiger partial charge < -0.3 is 14.8 Å². The molecule has 1 aliphatic carbocycles. The predicted octanol–water partition coefficient (Wildman–Crippen LogP) is 2.52. The molecule has 5 nitrogen and oxygen atoms in total. The van der Waals surface area contributed by atoms with E-state index in [-0.39, 0.29) is 0 Å². The largest absolute Gasteiger partial charge is 0.493 e. The molecule has 0 radical (unpaired) electrons. The molecule has 2 aromatic rings. The van der Waals surface area contributed by atoms with E-state index in [0.717, 1.165) is 34.6 Å². The zero-order valence-electron chi connectivity index (χ0n) is 12.3. The molecule has 1 N–H and O–H groups in total. The molecule has 21 heavy (non-hydrogen) atoms. The average Bonchev–Trinajstić information content (AvgIpc) is 3.22. The topological polar surface area (TPSA) is 56.3 Å². The van der Waals surface area contributed by atoms with Crippen molar-refractivity contribution >= 4 is 11.3 Å². The van der Waals surface area contributed by atoms with E-state index in [4.69, 9.17) is 9.47 Å². The fraction of sp³-hybridized carbons (Fsp3) is 0.467. The van der Waals surface area contributed by atoms with Gasteiger partial charge in [0.05, 0.1) is 19.8 Å². The van der Waals surface area contributed by atoms with Crippen LogP contribution in [0.1, 0.15) is 17.8 Å². The second-order valence-corrected chi connectivity index (χ2v) is 6.08. The highest BCUT2D eigenvalue weighted by atomic mass is 32.1. The lowest BCUT2D eigenvalue weighted by Gasteiger charge is -2.10. The molecule has 1 aliphatic rings. The number of rotatable bonds is 7. The quantitative estimate of drug-likeness (QED) is 0.852. The normalized spacial score (nSPS) is 14.2. The highest BCUT2D eigenvalue weighted by molar-refractivity contribution is 7.14. The van der Waals surface area contributed by atoms with Gasteiger partial charge in [0.25, 0.3) is 0 Å². The third-order valence-corrected chi connectivity index (χ3v) is 4.47. The summed E-state index contributed by atoms with van der Waals surface area (Å²) < 4.78 is 10.8. The second-order valence-electron chi connectivity index (χ2n) is 5.02. The number of para-hydroxylation sites is 1. The average molecular weight is 305 g/mol. The van der Waals surface area contributed by atoms with Gasteiger partial charge in [-0.15, -0.1) is 10.2 Å². The molecular weight excluding hydrogens is 286 g/mol. The van der Waals surface area contributed by atoms with Crippen molar-refractivity contribution in [2.75, 3.05) is 20.8 Å². The highest BCUT2D eigenvalue weighted by Crippen LogP contribution is 2.38. The first-order valence-corrected chi connectivity index (χ1v) is 7.90. The zero-order valence-corrected chi connectivity index (χ0v) is 13.1. The first-order valence-electron chi connectivity index (χ1n) is 7.09. The first-order chi connectivity index (χ1) is 10.3. The lowest BCUT2D eigenvalue weighted by atomic mass is 10.2. The van der Waals surface area contributed by atoms with Crippen LogP contribution in [-0.2, 0) is 6.42 Å². The number of hydrogen-bond acceptors (Lipinski definition) is 6. The molecule has 1 aromatic carbocycles. The van der Waals surface area contributed by atoms with Gasteiger partial charge in [-0.05, 0) is 25.0 Å². The summed E-state index contributed by atoms with van der Waals surface area (Å²) in [7, 11) is 3.28. The van der Waals surface area contributed by atoms with Crippen molar-refractivity contribution in [1.29, 1.82) is 0 Å². The van der Waals surface area contributed by atoms with Gasteiger partial charge in [0, 0.05) is 19.0 Å². The molecule has 0 unspecified atom stereocenters. The van der Waals surface area contributed by atoms with E-state index in [1.54, 1.807) is 25.6 Å². The minimum absolute atomic E-state index is 0.707. The van der Waals surface area contributed by atoms with Crippen LogP contribution in [0.4, 0.5) is 0 Å². The summed E-state index contributed by atoms with van der Waals surface area (Å²) in [4.78, 5) is 0. The number of nitrogens with one attached hydrogen (secondary N) is 1. The number of aromatic nitrogens is 2. The van der Waals surface area contributed by atoms with E-state index in [1.807, 2.05) is 18.2 Å². The summed E-state index contributed by atoms with van der Waals surface area (Å²) in [5.74, 6) is 1.42. The van der Waals surface area contributed by atoms with Gasteiger partial charge in [-0.1, -0.05) is 17.4 Å². The van der Waals surface area contributed by atoms with Gasteiger partial charge in [-0.25, -0.2) is 0 Å². The number of ether oxygens (including phenoxy) is 2. The summed E-state index contributed by atoms with van der Waals surface area (Å²) >= 11 is 1.61. The first kappa shape index (κ1) is 14.3. The molecule has 6 heteroatoms. The minimum Gasteiger partial charge on any atom is -0.493 e. The lowest BCUT2D eigenvalue weighted by molar-refractivity contribution is 0.356. The number of nitrogens with zero attached hydrogens (tertiary/aromatic N) is 2. The van der Waals surface area contributed by atoms with E-state index in [1.165, 1.54) is 12.8 Å². The summed E-state index contributed by atoms with van der Waals surface area (Å²) in [6.45, 7) is 0.967. The van der Waals surface area contributed by atoms with E-state index in [0.29, 0.717) is 11.5 Å². The Balaban J connectivity index is 1.75. The van der Waals surface area contributed by atoms with Crippen molar-refractivity contribution in [3.05, 3.63) is 23.2 Å². The number of benzene rings is 1. The summed E-state index contributed by atoms with van der Waals surface area (Å²) in [5, 5.41) is 14.0. The van der Waals surface area contributed by atoms with Crippen LogP contribution < -0.4 is 14.8 Å². The fourth-order valence-corrected chi connectivity index (χ4v) is 3.05. The predicted molar refractivity (Wildman–Crippen MR) is 83.2 cm³/mol. The molecule has 0 atom stereocenters. The van der Waals surface area contributed by atoms with Gasteiger partial charge in [0.1, 0.15) is 5.01 Å². The van der Waals surface area contributed by atoms with Crippen LogP contribution in [0, 0.1) is 0 Å². The Labute approximate surface area is 128 Å². The molecule has 1 heterocycles. The van der Waals surface area contributed by atoms with Crippen molar-refractivity contribution < 1.29 is 9.47 Å². The fourth-order valence-electron chi connectivity index (χ4n) is 2.19. The maximum atomic E-state index is 5.45. The molecule has 112 valence electrons. The maximum Gasteiger partial charge on any atom is 0.171 e. The van der Waals surface area contributed by atoms with Crippen LogP contribution >= 0.6 is 11.3 Å². The standard InChI is InChI=1S/C15H19N3O2S/c1-19-12-5-3-4-11(14(12)20-2)15-18-17-13(21-15)8-9-16-10-6-7-10/h3-5,10,16H,6-9H2,1-2H3. The van der Waals surface area contributed by atoms with Crippen LogP contribution in [-0.4, -0.2) is 37.0 Å². The van der Waals surface area contributed by atoms with E-state index < -0.39 is 0 Å². The Kier molecular flexibility index (Phi) is 4.36. The Morgan fingerprint density at radius 3 is 2.81 bits per heavy atom. The van der Waals surface area contributed by atoms with Crippen LogP contribution in [0.2, 0.25) is 0 Å². The zero-order chi connectivity index (χ0) is 14.7. The summed E-state index contributed by atoms with van der Waals surface area (Å²) in [6.07, 6.45) is 3.53. The van der Waals surface area contributed by atoms with Gasteiger partial charge in [0.2, 0.25) is 0 Å². The third kappa shape index (κ3) is 3.33. The molecule has 0 spiro atoms. The van der Waals surface area contributed by atoms with Crippen molar-refractivity contribution in [3.63, 3.8) is 0 Å². The van der Waals surface area contributed by atoms with Crippen LogP contribution in [0.15, 0.2) is 18.2 Å². The summed E-state index contributed by atoms with van der Waals surface area (Å²) in [5.41, 5.74) is 0.927. The molecule has 0 amide bonds. The molecule has 3 rings (SSSR count). The molecule has 1 aromatic heterocycles. The number of methoxy groups -OCH3 is 2. The summed E-state index contributed by atoms with van der Waals surface area (Å²) in [6, 6.07) is 6.53. The van der Waals surface area contributed by atoms with Crippen LogP contribution in [0.25, 0.3) is 10.6 Å². The van der Waals surface area contributed by atoms with Gasteiger partial charge in [0.15, 0.2) is 16.5 Å². The monoisotopic (exact) mass is 305 g/mol. The van der Waals surface area contributed by atoms with E-state index in [9.17, 15) is 0 Å². The van der Waals surface area contributed by atoms with Crippen LogP contribution in [0.5, 0.6) is 11.5 Å². The molecule has 0 saturated heterocycles. The number of hydrogen-bond donors (Lipinski definition) is 1. The lowest BCUT2D eigenvalue weighted by Crippen LogP contribution is -2.19. The van der Waals surface area contributed by atoms with E-state index in [2.05, 4.69) is 15.5 Å². The molecule has 1 saturated carbocycles. The van der Waals surface area contributed by atoms with Crippen molar-refractivity contribution in [1.82, 2.24) is 15.5 Å². The molecule has 0 bridgehead atoms. The van der Waals surface area contributed by atoms with Crippen molar-refractivity contribution in [2.45, 2.75) is 25.3 Å². The smallest absolute Gasteiger partial charge is 0.171 e. The molecular formula is C15H19N3O2S. The van der Waals surface area contributed by atoms with E-state index >= 15 is 0 Å². The minimum atomic E-state index is 0.707. The van der Waals surface area contributed by atoms with Crippen molar-refractivity contribution in [3.8, 4) is 22.1 Å².